The Morgan fingerprint density at radius 1 is 1.41 bits per heavy atom. The molecule has 0 aromatic heterocycles. The fourth-order valence-corrected chi connectivity index (χ4v) is 2.03. The van der Waals surface area contributed by atoms with E-state index in [4.69, 9.17) is 0 Å². The standard InChI is InChI=1S/C12H17BrN2O2/c1-3-4-5-8-14(2)11-7-6-10(13)9-12(11)15(16)17/h6-7,9H,3-5,8H2,1-2H3. The van der Waals surface area contributed by atoms with E-state index in [9.17, 15) is 10.1 Å². The fourth-order valence-electron chi connectivity index (χ4n) is 1.69. The monoisotopic (exact) mass is 300 g/mol. The van der Waals surface area contributed by atoms with E-state index >= 15 is 0 Å². The fraction of sp³-hybridized carbons (Fsp3) is 0.500. The molecule has 0 saturated carbocycles. The van der Waals surface area contributed by atoms with Gasteiger partial charge in [-0.2, -0.15) is 0 Å². The highest BCUT2D eigenvalue weighted by atomic mass is 79.9. The summed E-state index contributed by atoms with van der Waals surface area (Å²) in [6.45, 7) is 2.98. The van der Waals surface area contributed by atoms with E-state index in [1.54, 1.807) is 12.1 Å². The van der Waals surface area contributed by atoms with E-state index in [1.165, 1.54) is 0 Å². The lowest BCUT2D eigenvalue weighted by atomic mass is 10.2. The van der Waals surface area contributed by atoms with E-state index < -0.39 is 0 Å². The van der Waals surface area contributed by atoms with E-state index in [2.05, 4.69) is 22.9 Å². The Kier molecular flexibility index (Phi) is 5.41. The van der Waals surface area contributed by atoms with Crippen LogP contribution in [0.1, 0.15) is 26.2 Å². The molecule has 1 rings (SSSR count). The van der Waals surface area contributed by atoms with Crippen molar-refractivity contribution in [1.29, 1.82) is 0 Å². The average molecular weight is 301 g/mol. The maximum absolute atomic E-state index is 11.0. The summed E-state index contributed by atoms with van der Waals surface area (Å²) in [6, 6.07) is 5.17. The second-order valence-electron chi connectivity index (χ2n) is 4.02. The quantitative estimate of drug-likeness (QED) is 0.453. The summed E-state index contributed by atoms with van der Waals surface area (Å²) in [5.41, 5.74) is 0.827. The highest BCUT2D eigenvalue weighted by Crippen LogP contribution is 2.30. The van der Waals surface area contributed by atoms with Crippen LogP contribution in [-0.2, 0) is 0 Å². The molecule has 0 atom stereocenters. The zero-order valence-electron chi connectivity index (χ0n) is 10.1. The first-order chi connectivity index (χ1) is 8.06. The smallest absolute Gasteiger partial charge is 0.293 e. The van der Waals surface area contributed by atoms with Crippen LogP contribution in [-0.4, -0.2) is 18.5 Å². The van der Waals surface area contributed by atoms with Gasteiger partial charge in [0.25, 0.3) is 5.69 Å². The SMILES string of the molecule is CCCCCN(C)c1ccc(Br)cc1[N+](=O)[O-]. The van der Waals surface area contributed by atoms with Gasteiger partial charge in [0.1, 0.15) is 5.69 Å². The predicted octanol–water partition coefficient (Wildman–Crippen LogP) is 3.98. The molecular weight excluding hydrogens is 284 g/mol. The summed E-state index contributed by atoms with van der Waals surface area (Å²) in [7, 11) is 1.89. The Morgan fingerprint density at radius 3 is 2.71 bits per heavy atom. The van der Waals surface area contributed by atoms with Gasteiger partial charge in [0.05, 0.1) is 4.92 Å². The first-order valence-electron chi connectivity index (χ1n) is 5.71. The molecule has 94 valence electrons. The van der Waals surface area contributed by atoms with Gasteiger partial charge in [-0.15, -0.1) is 0 Å². The van der Waals surface area contributed by atoms with E-state index in [1.807, 2.05) is 18.0 Å². The normalized spacial score (nSPS) is 10.3. The van der Waals surface area contributed by atoms with Crippen LogP contribution in [0, 0.1) is 10.1 Å². The van der Waals surface area contributed by atoms with Gasteiger partial charge in [0.2, 0.25) is 0 Å². The summed E-state index contributed by atoms with van der Waals surface area (Å²) in [4.78, 5) is 12.6. The molecule has 5 heteroatoms. The molecule has 0 radical (unpaired) electrons. The molecule has 0 heterocycles. The molecule has 0 unspecified atom stereocenters. The lowest BCUT2D eigenvalue weighted by Gasteiger charge is -2.19. The van der Waals surface area contributed by atoms with Crippen LogP contribution in [0.15, 0.2) is 22.7 Å². The molecular formula is C12H17BrN2O2. The third-order valence-corrected chi connectivity index (χ3v) is 3.14. The van der Waals surface area contributed by atoms with Gasteiger partial charge in [-0.25, -0.2) is 0 Å². The van der Waals surface area contributed by atoms with Gasteiger partial charge in [-0.1, -0.05) is 35.7 Å². The van der Waals surface area contributed by atoms with E-state index in [-0.39, 0.29) is 10.6 Å². The number of anilines is 1. The number of hydrogen-bond donors (Lipinski definition) is 0. The Labute approximate surface area is 110 Å². The highest BCUT2D eigenvalue weighted by Gasteiger charge is 2.16. The number of halogens is 1. The minimum atomic E-state index is -0.337. The number of hydrogen-bond acceptors (Lipinski definition) is 3. The summed E-state index contributed by atoms with van der Waals surface area (Å²) < 4.78 is 0.731. The van der Waals surface area contributed by atoms with Crippen LogP contribution >= 0.6 is 15.9 Å². The van der Waals surface area contributed by atoms with Gasteiger partial charge in [-0.05, 0) is 18.6 Å². The van der Waals surface area contributed by atoms with Crippen molar-refractivity contribution < 1.29 is 4.92 Å². The number of benzene rings is 1. The summed E-state index contributed by atoms with van der Waals surface area (Å²) in [5.74, 6) is 0. The number of rotatable bonds is 6. The van der Waals surface area contributed by atoms with Crippen molar-refractivity contribution in [2.75, 3.05) is 18.5 Å². The molecule has 0 saturated heterocycles. The predicted molar refractivity (Wildman–Crippen MR) is 73.6 cm³/mol. The maximum atomic E-state index is 11.0. The highest BCUT2D eigenvalue weighted by molar-refractivity contribution is 9.10. The van der Waals surface area contributed by atoms with Crippen LogP contribution in [0.5, 0.6) is 0 Å². The van der Waals surface area contributed by atoms with Crippen LogP contribution in [0.3, 0.4) is 0 Å². The molecule has 0 aliphatic heterocycles. The largest absolute Gasteiger partial charge is 0.369 e. The molecule has 17 heavy (non-hydrogen) atoms. The lowest BCUT2D eigenvalue weighted by molar-refractivity contribution is -0.384. The number of unbranched alkanes of at least 4 members (excludes halogenated alkanes) is 2. The van der Waals surface area contributed by atoms with Crippen molar-refractivity contribution >= 4 is 27.3 Å². The number of nitrogens with zero attached hydrogens (tertiary/aromatic N) is 2. The second-order valence-corrected chi connectivity index (χ2v) is 4.93. The molecule has 0 N–H and O–H groups in total. The third kappa shape index (κ3) is 4.00. The molecule has 0 amide bonds. The molecule has 4 nitrogen and oxygen atoms in total. The minimum absolute atomic E-state index is 0.151. The molecule has 1 aromatic carbocycles. The lowest BCUT2D eigenvalue weighted by Crippen LogP contribution is -2.19. The molecule has 0 spiro atoms. The Hall–Kier alpha value is -1.10. The van der Waals surface area contributed by atoms with Crippen LogP contribution < -0.4 is 4.90 Å². The van der Waals surface area contributed by atoms with Crippen molar-refractivity contribution in [2.24, 2.45) is 0 Å². The molecule has 1 aromatic rings. The van der Waals surface area contributed by atoms with Gasteiger partial charge in [0.15, 0.2) is 0 Å². The van der Waals surface area contributed by atoms with Crippen molar-refractivity contribution in [2.45, 2.75) is 26.2 Å². The van der Waals surface area contributed by atoms with Gasteiger partial charge >= 0.3 is 0 Å². The molecule has 0 aliphatic carbocycles. The third-order valence-electron chi connectivity index (χ3n) is 2.64. The van der Waals surface area contributed by atoms with E-state index in [0.717, 1.165) is 30.3 Å². The molecule has 0 aliphatic rings. The first-order valence-corrected chi connectivity index (χ1v) is 6.50. The van der Waals surface area contributed by atoms with Gasteiger partial charge < -0.3 is 4.90 Å². The Morgan fingerprint density at radius 2 is 2.12 bits per heavy atom. The van der Waals surface area contributed by atoms with Crippen molar-refractivity contribution in [3.63, 3.8) is 0 Å². The van der Waals surface area contributed by atoms with Crippen LogP contribution in [0.4, 0.5) is 11.4 Å². The molecule has 0 bridgehead atoms. The topological polar surface area (TPSA) is 46.4 Å². The van der Waals surface area contributed by atoms with E-state index in [0.29, 0.717) is 5.69 Å². The minimum Gasteiger partial charge on any atom is -0.369 e. The maximum Gasteiger partial charge on any atom is 0.293 e. The summed E-state index contributed by atoms with van der Waals surface area (Å²) >= 11 is 3.25. The van der Waals surface area contributed by atoms with Crippen molar-refractivity contribution in [3.05, 3.63) is 32.8 Å². The summed E-state index contributed by atoms with van der Waals surface area (Å²) in [6.07, 6.45) is 3.35. The van der Waals surface area contributed by atoms with Gasteiger partial charge in [-0.3, -0.25) is 10.1 Å². The van der Waals surface area contributed by atoms with Crippen LogP contribution in [0.2, 0.25) is 0 Å². The van der Waals surface area contributed by atoms with Crippen LogP contribution in [0.25, 0.3) is 0 Å². The zero-order chi connectivity index (χ0) is 12.8. The van der Waals surface area contributed by atoms with Crippen molar-refractivity contribution in [1.82, 2.24) is 0 Å². The van der Waals surface area contributed by atoms with Crippen molar-refractivity contribution in [3.8, 4) is 0 Å². The zero-order valence-corrected chi connectivity index (χ0v) is 11.7. The number of nitro groups is 1. The van der Waals surface area contributed by atoms with Gasteiger partial charge in [0, 0.05) is 24.1 Å². The molecule has 0 fully saturated rings. The second kappa shape index (κ2) is 6.59. The average Bonchev–Trinajstić information content (AvgIpc) is 2.29. The Balaban J connectivity index is 2.84. The Bertz CT molecular complexity index is 396. The summed E-state index contributed by atoms with van der Waals surface area (Å²) in [5, 5.41) is 11.0. The number of nitro benzene ring substituents is 1. The first kappa shape index (κ1) is 14.0.